The van der Waals surface area contributed by atoms with E-state index >= 15 is 0 Å². The summed E-state index contributed by atoms with van der Waals surface area (Å²) in [4.78, 5) is 20.4. The van der Waals surface area contributed by atoms with Gasteiger partial charge in [-0.25, -0.2) is 14.8 Å². The van der Waals surface area contributed by atoms with Gasteiger partial charge in [-0.3, -0.25) is 0 Å². The van der Waals surface area contributed by atoms with Gasteiger partial charge in [0.1, 0.15) is 11.9 Å². The highest BCUT2D eigenvalue weighted by atomic mass is 16.4. The van der Waals surface area contributed by atoms with E-state index in [0.29, 0.717) is 12.2 Å². The standard InChI is InChI=1S/C9H13N3O2/c1-3-12(2)5-8-7(9(13)14)4-10-6-11-8/h4,6H,3,5H2,1-2H3,(H,13,14). The first-order chi connectivity index (χ1) is 6.65. The highest BCUT2D eigenvalue weighted by molar-refractivity contribution is 5.88. The van der Waals surface area contributed by atoms with Crippen LogP contribution >= 0.6 is 0 Å². The van der Waals surface area contributed by atoms with Crippen molar-refractivity contribution in [3.63, 3.8) is 0 Å². The molecule has 0 atom stereocenters. The monoisotopic (exact) mass is 195 g/mol. The largest absolute Gasteiger partial charge is 0.478 e. The molecule has 0 amide bonds. The van der Waals surface area contributed by atoms with Gasteiger partial charge in [-0.15, -0.1) is 0 Å². The zero-order chi connectivity index (χ0) is 10.6. The van der Waals surface area contributed by atoms with E-state index in [2.05, 4.69) is 9.97 Å². The zero-order valence-corrected chi connectivity index (χ0v) is 8.27. The molecule has 0 aliphatic rings. The van der Waals surface area contributed by atoms with Crippen molar-refractivity contribution in [1.29, 1.82) is 0 Å². The van der Waals surface area contributed by atoms with Gasteiger partial charge in [-0.1, -0.05) is 6.92 Å². The molecule has 1 rings (SSSR count). The third kappa shape index (κ3) is 2.50. The second-order valence-electron chi connectivity index (χ2n) is 3.02. The van der Waals surface area contributed by atoms with Crippen molar-refractivity contribution in [2.75, 3.05) is 13.6 Å². The van der Waals surface area contributed by atoms with Gasteiger partial charge in [0.25, 0.3) is 0 Å². The number of nitrogens with zero attached hydrogens (tertiary/aromatic N) is 3. The Hall–Kier alpha value is -1.49. The molecule has 1 heterocycles. The van der Waals surface area contributed by atoms with Crippen molar-refractivity contribution in [3.8, 4) is 0 Å². The maximum atomic E-state index is 10.8. The number of carboxylic acids is 1. The van der Waals surface area contributed by atoms with Gasteiger partial charge in [0.05, 0.1) is 5.69 Å². The Labute approximate surface area is 82.4 Å². The van der Waals surface area contributed by atoms with Gasteiger partial charge >= 0.3 is 5.97 Å². The predicted molar refractivity (Wildman–Crippen MR) is 51.0 cm³/mol. The maximum Gasteiger partial charge on any atom is 0.339 e. The summed E-state index contributed by atoms with van der Waals surface area (Å²) < 4.78 is 0. The molecule has 0 unspecified atom stereocenters. The summed E-state index contributed by atoms with van der Waals surface area (Å²) in [7, 11) is 1.91. The third-order valence-electron chi connectivity index (χ3n) is 1.98. The van der Waals surface area contributed by atoms with Crippen molar-refractivity contribution in [3.05, 3.63) is 23.8 Å². The molecule has 0 aromatic carbocycles. The van der Waals surface area contributed by atoms with Gasteiger partial charge in [0, 0.05) is 12.7 Å². The molecular formula is C9H13N3O2. The van der Waals surface area contributed by atoms with Crippen molar-refractivity contribution in [2.45, 2.75) is 13.5 Å². The molecular weight excluding hydrogens is 182 g/mol. The lowest BCUT2D eigenvalue weighted by atomic mass is 10.2. The topological polar surface area (TPSA) is 66.3 Å². The highest BCUT2D eigenvalue weighted by Crippen LogP contribution is 2.05. The fourth-order valence-corrected chi connectivity index (χ4v) is 1.03. The normalized spacial score (nSPS) is 10.5. The Bertz CT molecular complexity index is 328. The van der Waals surface area contributed by atoms with Gasteiger partial charge in [0.15, 0.2) is 0 Å². The lowest BCUT2D eigenvalue weighted by molar-refractivity contribution is 0.0693. The molecule has 1 aromatic heterocycles. The van der Waals surface area contributed by atoms with E-state index in [1.165, 1.54) is 12.5 Å². The lowest BCUT2D eigenvalue weighted by Crippen LogP contribution is -2.20. The average Bonchev–Trinajstić information content (AvgIpc) is 2.18. The third-order valence-corrected chi connectivity index (χ3v) is 1.98. The first-order valence-corrected chi connectivity index (χ1v) is 4.35. The summed E-state index contributed by atoms with van der Waals surface area (Å²) in [6.07, 6.45) is 2.69. The van der Waals surface area contributed by atoms with Gasteiger partial charge in [0.2, 0.25) is 0 Å². The molecule has 0 bridgehead atoms. The zero-order valence-electron chi connectivity index (χ0n) is 8.27. The van der Waals surface area contributed by atoms with Gasteiger partial charge < -0.3 is 10.0 Å². The predicted octanol–water partition coefficient (Wildman–Crippen LogP) is 0.627. The molecule has 0 aliphatic carbocycles. The van der Waals surface area contributed by atoms with Crippen LogP contribution in [0.15, 0.2) is 12.5 Å². The minimum Gasteiger partial charge on any atom is -0.478 e. The highest BCUT2D eigenvalue weighted by Gasteiger charge is 2.11. The van der Waals surface area contributed by atoms with E-state index < -0.39 is 5.97 Å². The molecule has 0 saturated carbocycles. The molecule has 1 aromatic rings. The number of rotatable bonds is 4. The Morgan fingerprint density at radius 3 is 2.93 bits per heavy atom. The summed E-state index contributed by atoms with van der Waals surface area (Å²) in [6.45, 7) is 3.38. The summed E-state index contributed by atoms with van der Waals surface area (Å²) in [5.41, 5.74) is 0.727. The minimum atomic E-state index is -0.981. The van der Waals surface area contributed by atoms with Crippen molar-refractivity contribution < 1.29 is 9.90 Å². The van der Waals surface area contributed by atoms with Crippen LogP contribution in [0.25, 0.3) is 0 Å². The molecule has 0 radical (unpaired) electrons. The second kappa shape index (κ2) is 4.66. The van der Waals surface area contributed by atoms with Crippen LogP contribution in [0.4, 0.5) is 0 Å². The number of aromatic nitrogens is 2. The van der Waals surface area contributed by atoms with E-state index in [1.807, 2.05) is 18.9 Å². The summed E-state index contributed by atoms with van der Waals surface area (Å²) in [5.74, 6) is -0.981. The SMILES string of the molecule is CCN(C)Cc1ncncc1C(=O)O. The second-order valence-corrected chi connectivity index (χ2v) is 3.02. The van der Waals surface area contributed by atoms with Crippen LogP contribution in [0.2, 0.25) is 0 Å². The fraction of sp³-hybridized carbons (Fsp3) is 0.444. The number of carbonyl (C=O) groups is 1. The Morgan fingerprint density at radius 2 is 2.36 bits per heavy atom. The first kappa shape index (κ1) is 10.6. The number of carboxylic acid groups (broad SMARTS) is 1. The number of hydrogen-bond acceptors (Lipinski definition) is 4. The molecule has 0 saturated heterocycles. The van der Waals surface area contributed by atoms with Crippen molar-refractivity contribution >= 4 is 5.97 Å². The van der Waals surface area contributed by atoms with E-state index in [-0.39, 0.29) is 5.56 Å². The summed E-state index contributed by atoms with van der Waals surface area (Å²) in [6, 6.07) is 0. The van der Waals surface area contributed by atoms with Crippen LogP contribution in [0, 0.1) is 0 Å². The van der Waals surface area contributed by atoms with E-state index in [1.54, 1.807) is 0 Å². The van der Waals surface area contributed by atoms with Crippen molar-refractivity contribution in [1.82, 2.24) is 14.9 Å². The van der Waals surface area contributed by atoms with Crippen molar-refractivity contribution in [2.24, 2.45) is 0 Å². The first-order valence-electron chi connectivity index (χ1n) is 4.35. The smallest absolute Gasteiger partial charge is 0.339 e. The molecule has 0 fully saturated rings. The van der Waals surface area contributed by atoms with Gasteiger partial charge in [-0.2, -0.15) is 0 Å². The molecule has 0 spiro atoms. The van der Waals surface area contributed by atoms with Crippen LogP contribution in [0.5, 0.6) is 0 Å². The molecule has 76 valence electrons. The Balaban J connectivity index is 2.90. The quantitative estimate of drug-likeness (QED) is 0.763. The van der Waals surface area contributed by atoms with Crippen LogP contribution in [-0.2, 0) is 6.54 Å². The van der Waals surface area contributed by atoms with E-state index in [9.17, 15) is 4.79 Å². The minimum absolute atomic E-state index is 0.174. The molecule has 14 heavy (non-hydrogen) atoms. The van der Waals surface area contributed by atoms with E-state index in [0.717, 1.165) is 6.54 Å². The van der Waals surface area contributed by atoms with Crippen LogP contribution in [-0.4, -0.2) is 39.5 Å². The average molecular weight is 195 g/mol. The molecule has 0 aliphatic heterocycles. The fourth-order valence-electron chi connectivity index (χ4n) is 1.03. The maximum absolute atomic E-state index is 10.8. The number of hydrogen-bond donors (Lipinski definition) is 1. The Kier molecular flexibility index (Phi) is 3.53. The van der Waals surface area contributed by atoms with Crippen LogP contribution in [0.3, 0.4) is 0 Å². The lowest BCUT2D eigenvalue weighted by Gasteiger charge is -2.13. The summed E-state index contributed by atoms with van der Waals surface area (Å²) >= 11 is 0. The van der Waals surface area contributed by atoms with Gasteiger partial charge in [-0.05, 0) is 13.6 Å². The molecule has 5 nitrogen and oxygen atoms in total. The van der Waals surface area contributed by atoms with E-state index in [4.69, 9.17) is 5.11 Å². The molecule has 1 N–H and O–H groups in total. The summed E-state index contributed by atoms with van der Waals surface area (Å²) in [5, 5.41) is 8.85. The molecule has 5 heteroatoms. The van der Waals surface area contributed by atoms with Crippen LogP contribution in [0.1, 0.15) is 23.0 Å². The van der Waals surface area contributed by atoms with Crippen LogP contribution < -0.4 is 0 Å². The Morgan fingerprint density at radius 1 is 1.64 bits per heavy atom. The number of aromatic carboxylic acids is 1.